The molecule has 3 rings (SSSR count). The van der Waals surface area contributed by atoms with Crippen molar-refractivity contribution >= 4 is 17.7 Å². The van der Waals surface area contributed by atoms with E-state index in [1.807, 2.05) is 24.3 Å². The molecule has 0 saturated carbocycles. The van der Waals surface area contributed by atoms with Crippen LogP contribution in [0.1, 0.15) is 34.3 Å². The second kappa shape index (κ2) is 8.70. The Hall–Kier alpha value is -2.29. The van der Waals surface area contributed by atoms with E-state index in [0.29, 0.717) is 16.7 Å². The van der Waals surface area contributed by atoms with Crippen molar-refractivity contribution in [3.63, 3.8) is 0 Å². The van der Waals surface area contributed by atoms with E-state index in [9.17, 15) is 4.79 Å². The van der Waals surface area contributed by atoms with Gasteiger partial charge in [-0.25, -0.2) is 4.79 Å². The number of thioether (sulfide) groups is 1. The second-order valence-corrected chi connectivity index (χ2v) is 6.85. The summed E-state index contributed by atoms with van der Waals surface area (Å²) in [6, 6.07) is 16.7. The third-order valence-electron chi connectivity index (χ3n) is 4.05. The number of nitrogens with zero attached hydrogens (tertiary/aromatic N) is 1. The molecule has 0 bridgehead atoms. The molecular weight excluding hydrogens is 334 g/mol. The van der Waals surface area contributed by atoms with Crippen LogP contribution in [0, 0.1) is 11.3 Å². The Morgan fingerprint density at radius 3 is 2.84 bits per heavy atom. The molecule has 1 heterocycles. The molecule has 0 spiro atoms. The highest BCUT2D eigenvalue weighted by atomic mass is 32.2. The van der Waals surface area contributed by atoms with Crippen LogP contribution >= 0.6 is 11.8 Å². The molecule has 0 aliphatic carbocycles. The number of nitriles is 1. The second-order valence-electron chi connectivity index (χ2n) is 5.79. The highest BCUT2D eigenvalue weighted by molar-refractivity contribution is 7.99. The molecule has 2 aromatic carbocycles. The number of carbonyl (C=O) groups is 1. The Kier molecular flexibility index (Phi) is 6.10. The van der Waals surface area contributed by atoms with Crippen LogP contribution < -0.4 is 0 Å². The Labute approximate surface area is 151 Å². The molecule has 25 heavy (non-hydrogen) atoms. The normalized spacial score (nSPS) is 16.4. The lowest BCUT2D eigenvalue weighted by molar-refractivity contribution is 0.0468. The van der Waals surface area contributed by atoms with Gasteiger partial charge in [-0.2, -0.15) is 5.26 Å². The quantitative estimate of drug-likeness (QED) is 0.576. The lowest BCUT2D eigenvalue weighted by Gasteiger charge is -2.12. The monoisotopic (exact) mass is 353 g/mol. The SMILES string of the molecule is N#Cc1ccccc1COC(=O)c1ccccc1SCC1CCCO1. The zero-order valence-electron chi connectivity index (χ0n) is 13.8. The number of rotatable bonds is 6. The summed E-state index contributed by atoms with van der Waals surface area (Å²) < 4.78 is 11.1. The molecule has 1 aliphatic rings. The molecule has 1 saturated heterocycles. The van der Waals surface area contributed by atoms with Crippen LogP contribution in [0.3, 0.4) is 0 Å². The van der Waals surface area contributed by atoms with Gasteiger partial charge in [0.05, 0.1) is 23.3 Å². The molecule has 0 N–H and O–H groups in total. The first kappa shape index (κ1) is 17.5. The van der Waals surface area contributed by atoms with E-state index < -0.39 is 0 Å². The molecule has 0 radical (unpaired) electrons. The van der Waals surface area contributed by atoms with E-state index in [2.05, 4.69) is 6.07 Å². The predicted octanol–water partition coefficient (Wildman–Crippen LogP) is 4.19. The fraction of sp³-hybridized carbons (Fsp3) is 0.300. The Bertz CT molecular complexity index is 779. The van der Waals surface area contributed by atoms with Crippen LogP contribution in [0.5, 0.6) is 0 Å². The Morgan fingerprint density at radius 1 is 1.24 bits per heavy atom. The number of benzene rings is 2. The summed E-state index contributed by atoms with van der Waals surface area (Å²) in [5, 5.41) is 9.11. The first-order valence-electron chi connectivity index (χ1n) is 8.26. The van der Waals surface area contributed by atoms with Gasteiger partial charge in [-0.05, 0) is 31.0 Å². The van der Waals surface area contributed by atoms with Crippen LogP contribution in [0.4, 0.5) is 0 Å². The molecule has 1 unspecified atom stereocenters. The van der Waals surface area contributed by atoms with Gasteiger partial charge in [0.1, 0.15) is 6.61 Å². The molecule has 0 aromatic heterocycles. The zero-order valence-corrected chi connectivity index (χ0v) is 14.6. The van der Waals surface area contributed by atoms with Gasteiger partial charge < -0.3 is 9.47 Å². The van der Waals surface area contributed by atoms with E-state index in [1.165, 1.54) is 0 Å². The standard InChI is InChI=1S/C20H19NO3S/c21-12-15-6-1-2-7-16(15)13-24-20(22)18-9-3-4-10-19(18)25-14-17-8-5-11-23-17/h1-4,6-7,9-10,17H,5,8,11,13-14H2. The average molecular weight is 353 g/mol. The maximum absolute atomic E-state index is 12.5. The van der Waals surface area contributed by atoms with Crippen LogP contribution in [0.2, 0.25) is 0 Å². The number of carbonyl (C=O) groups excluding carboxylic acids is 1. The number of hydrogen-bond donors (Lipinski definition) is 0. The molecule has 0 amide bonds. The minimum atomic E-state index is -0.372. The van der Waals surface area contributed by atoms with Crippen molar-refractivity contribution in [3.05, 3.63) is 65.2 Å². The number of hydrogen-bond acceptors (Lipinski definition) is 5. The van der Waals surface area contributed by atoms with Gasteiger partial charge in [0.25, 0.3) is 0 Å². The van der Waals surface area contributed by atoms with E-state index in [4.69, 9.17) is 14.7 Å². The van der Waals surface area contributed by atoms with Crippen molar-refractivity contribution in [3.8, 4) is 6.07 Å². The minimum absolute atomic E-state index is 0.0906. The maximum Gasteiger partial charge on any atom is 0.339 e. The van der Waals surface area contributed by atoms with Crippen LogP contribution in [0.25, 0.3) is 0 Å². The molecular formula is C20H19NO3S. The third kappa shape index (κ3) is 4.62. The lowest BCUT2D eigenvalue weighted by Crippen LogP contribution is -2.10. The third-order valence-corrected chi connectivity index (χ3v) is 5.26. The number of ether oxygens (including phenoxy) is 2. The summed E-state index contributed by atoms with van der Waals surface area (Å²) in [6.45, 7) is 0.917. The van der Waals surface area contributed by atoms with Crippen molar-refractivity contribution in [1.82, 2.24) is 0 Å². The topological polar surface area (TPSA) is 59.3 Å². The molecule has 1 fully saturated rings. The van der Waals surface area contributed by atoms with Gasteiger partial charge >= 0.3 is 5.97 Å². The highest BCUT2D eigenvalue weighted by Crippen LogP contribution is 2.27. The van der Waals surface area contributed by atoms with E-state index >= 15 is 0 Å². The lowest BCUT2D eigenvalue weighted by atomic mass is 10.1. The smallest absolute Gasteiger partial charge is 0.339 e. The maximum atomic E-state index is 12.5. The van der Waals surface area contributed by atoms with Gasteiger partial charge in [-0.3, -0.25) is 0 Å². The Morgan fingerprint density at radius 2 is 2.04 bits per heavy atom. The van der Waals surface area contributed by atoms with E-state index in [0.717, 1.165) is 30.1 Å². The van der Waals surface area contributed by atoms with Crippen LogP contribution in [-0.2, 0) is 16.1 Å². The van der Waals surface area contributed by atoms with Crippen molar-refractivity contribution in [2.75, 3.05) is 12.4 Å². The first-order chi connectivity index (χ1) is 12.3. The van der Waals surface area contributed by atoms with Gasteiger partial charge in [-0.15, -0.1) is 11.8 Å². The highest BCUT2D eigenvalue weighted by Gasteiger charge is 2.18. The van der Waals surface area contributed by atoms with E-state index in [1.54, 1.807) is 36.0 Å². The fourth-order valence-corrected chi connectivity index (χ4v) is 3.81. The zero-order chi connectivity index (χ0) is 17.5. The Balaban J connectivity index is 1.64. The summed E-state index contributed by atoms with van der Waals surface area (Å²) in [5.41, 5.74) is 1.79. The van der Waals surface area contributed by atoms with Gasteiger partial charge in [0.2, 0.25) is 0 Å². The molecule has 128 valence electrons. The summed E-state index contributed by atoms with van der Waals surface area (Å²) in [4.78, 5) is 13.4. The number of esters is 1. The van der Waals surface area contributed by atoms with Crippen molar-refractivity contribution in [2.45, 2.75) is 30.4 Å². The largest absolute Gasteiger partial charge is 0.457 e. The van der Waals surface area contributed by atoms with Crippen LogP contribution in [0.15, 0.2) is 53.4 Å². The predicted molar refractivity (Wildman–Crippen MR) is 96.4 cm³/mol. The first-order valence-corrected chi connectivity index (χ1v) is 9.25. The summed E-state index contributed by atoms with van der Waals surface area (Å²) in [7, 11) is 0. The van der Waals surface area contributed by atoms with E-state index in [-0.39, 0.29) is 18.7 Å². The molecule has 5 heteroatoms. The molecule has 1 aliphatic heterocycles. The van der Waals surface area contributed by atoms with Crippen molar-refractivity contribution in [2.24, 2.45) is 0 Å². The molecule has 4 nitrogen and oxygen atoms in total. The average Bonchev–Trinajstić information content (AvgIpc) is 3.18. The van der Waals surface area contributed by atoms with Gasteiger partial charge in [0, 0.05) is 22.8 Å². The van der Waals surface area contributed by atoms with Gasteiger partial charge in [-0.1, -0.05) is 30.3 Å². The minimum Gasteiger partial charge on any atom is -0.457 e. The van der Waals surface area contributed by atoms with Crippen LogP contribution in [-0.4, -0.2) is 24.4 Å². The summed E-state index contributed by atoms with van der Waals surface area (Å²) in [6.07, 6.45) is 2.44. The molecule has 2 aromatic rings. The summed E-state index contributed by atoms with van der Waals surface area (Å²) in [5.74, 6) is 0.463. The van der Waals surface area contributed by atoms with Crippen molar-refractivity contribution < 1.29 is 14.3 Å². The van der Waals surface area contributed by atoms with Crippen molar-refractivity contribution in [1.29, 1.82) is 5.26 Å². The fourth-order valence-electron chi connectivity index (χ4n) is 2.70. The molecule has 1 atom stereocenters. The van der Waals surface area contributed by atoms with Gasteiger partial charge in [0.15, 0.2) is 0 Å². The summed E-state index contributed by atoms with van der Waals surface area (Å²) >= 11 is 1.62.